The fraction of sp³-hybridized carbons (Fsp3) is 0.517. The third kappa shape index (κ3) is 9.92. The van der Waals surface area contributed by atoms with Crippen molar-refractivity contribution in [2.45, 2.75) is 57.7 Å². The van der Waals surface area contributed by atoms with Crippen LogP contribution in [0.3, 0.4) is 0 Å². The number of fused-ring (bicyclic) bond motifs is 7. The lowest BCUT2D eigenvalue weighted by Gasteiger charge is -2.27. The summed E-state index contributed by atoms with van der Waals surface area (Å²) < 4.78 is 11.2. The van der Waals surface area contributed by atoms with Gasteiger partial charge >= 0.3 is 0 Å². The molecule has 2 aliphatic heterocycles. The van der Waals surface area contributed by atoms with Crippen LogP contribution in [-0.4, -0.2) is 66.9 Å². The Labute approximate surface area is 244 Å². The molecule has 2 heterocycles. The minimum Gasteiger partial charge on any atom is -0.497 e. The quantitative estimate of drug-likeness (QED) is 0.362. The molecule has 3 rings (SSSR count). The van der Waals surface area contributed by atoms with Gasteiger partial charge in [0.1, 0.15) is 35.5 Å². The van der Waals surface area contributed by atoms with E-state index >= 15 is 0 Å². The highest BCUT2D eigenvalue weighted by Gasteiger charge is 2.32. The van der Waals surface area contributed by atoms with Crippen molar-refractivity contribution in [2.24, 2.45) is 11.8 Å². The molecule has 4 atom stereocenters. The van der Waals surface area contributed by atoms with Crippen molar-refractivity contribution >= 4 is 45.1 Å². The number of rotatable bonds is 4. The zero-order valence-electron chi connectivity index (χ0n) is 23.3. The monoisotopic (exact) mass is 589 g/mol. The maximum absolute atomic E-state index is 13.6. The van der Waals surface area contributed by atoms with Crippen molar-refractivity contribution in [3.63, 3.8) is 0 Å². The van der Waals surface area contributed by atoms with Crippen molar-refractivity contribution in [2.75, 3.05) is 25.2 Å². The van der Waals surface area contributed by atoms with Crippen LogP contribution < -0.4 is 20.7 Å². The summed E-state index contributed by atoms with van der Waals surface area (Å²) in [6.07, 6.45) is 4.34. The lowest BCUT2D eigenvalue weighted by atomic mass is 9.88. The highest BCUT2D eigenvalue weighted by molar-refractivity contribution is 8.76. The summed E-state index contributed by atoms with van der Waals surface area (Å²) in [5.74, 6) is -0.0215. The van der Waals surface area contributed by atoms with Gasteiger partial charge in [0, 0.05) is 36.7 Å². The van der Waals surface area contributed by atoms with Crippen LogP contribution in [0.15, 0.2) is 48.8 Å². The Hall–Kier alpha value is -2.92. The zero-order chi connectivity index (χ0) is 29.1. The number of hydrogen-bond acceptors (Lipinski definition) is 8. The zero-order valence-corrected chi connectivity index (χ0v) is 24.9. The van der Waals surface area contributed by atoms with Gasteiger partial charge in [0.05, 0.1) is 13.7 Å². The third-order valence-electron chi connectivity index (χ3n) is 6.70. The molecule has 0 saturated carbocycles. The van der Waals surface area contributed by atoms with Crippen LogP contribution in [0.2, 0.25) is 0 Å². The van der Waals surface area contributed by atoms with E-state index in [2.05, 4.69) is 22.5 Å². The summed E-state index contributed by atoms with van der Waals surface area (Å²) in [5.41, 5.74) is 0.825. The fourth-order valence-electron chi connectivity index (χ4n) is 4.38. The summed E-state index contributed by atoms with van der Waals surface area (Å²) in [5, 5.41) is 8.53. The first kappa shape index (κ1) is 31.6. The van der Waals surface area contributed by atoms with E-state index in [-0.39, 0.29) is 43.4 Å². The molecule has 2 bridgehead atoms. The highest BCUT2D eigenvalue weighted by Crippen LogP contribution is 2.25. The number of methoxy groups -OCH3 is 1. The first-order valence-electron chi connectivity index (χ1n) is 13.4. The predicted octanol–water partition coefficient (Wildman–Crippen LogP) is 3.20. The molecule has 218 valence electrons. The molecule has 0 radical (unpaired) electrons. The van der Waals surface area contributed by atoms with Crippen molar-refractivity contribution in [1.29, 1.82) is 0 Å². The minimum atomic E-state index is -0.910. The summed E-state index contributed by atoms with van der Waals surface area (Å²) in [6, 6.07) is 5.46. The summed E-state index contributed by atoms with van der Waals surface area (Å²) in [6.45, 7) is 7.73. The van der Waals surface area contributed by atoms with E-state index in [4.69, 9.17) is 9.47 Å². The second-order valence-electron chi connectivity index (χ2n) is 10.2. The second-order valence-corrected chi connectivity index (χ2v) is 12.8. The van der Waals surface area contributed by atoms with Crippen LogP contribution in [0.25, 0.3) is 0 Å². The molecule has 0 aliphatic carbocycles. The molecule has 1 unspecified atom stereocenters. The highest BCUT2D eigenvalue weighted by atomic mass is 33.1. The molecule has 11 heteroatoms. The Morgan fingerprint density at radius 3 is 2.48 bits per heavy atom. The van der Waals surface area contributed by atoms with E-state index in [1.54, 1.807) is 30.0 Å². The van der Waals surface area contributed by atoms with E-state index in [1.165, 1.54) is 10.8 Å². The van der Waals surface area contributed by atoms with Gasteiger partial charge < -0.3 is 25.4 Å². The van der Waals surface area contributed by atoms with Gasteiger partial charge in [-0.25, -0.2) is 0 Å². The van der Waals surface area contributed by atoms with E-state index in [0.717, 1.165) is 17.7 Å². The Bertz CT molecular complexity index is 1090. The Morgan fingerprint density at radius 1 is 1.02 bits per heavy atom. The number of amides is 3. The van der Waals surface area contributed by atoms with Crippen molar-refractivity contribution in [3.8, 4) is 5.75 Å². The van der Waals surface area contributed by atoms with Crippen LogP contribution in [0.4, 0.5) is 0 Å². The van der Waals surface area contributed by atoms with Crippen molar-refractivity contribution < 1.29 is 28.7 Å². The number of hydrogen-bond donors (Lipinski definition) is 3. The van der Waals surface area contributed by atoms with Gasteiger partial charge in [-0.3, -0.25) is 19.2 Å². The first-order chi connectivity index (χ1) is 19.2. The molecule has 3 N–H and O–H groups in total. The van der Waals surface area contributed by atoms with Gasteiger partial charge in [0.15, 0.2) is 0 Å². The topological polar surface area (TPSA) is 123 Å². The second kappa shape index (κ2) is 15.8. The van der Waals surface area contributed by atoms with Gasteiger partial charge in [0.25, 0.3) is 0 Å². The molecule has 1 fully saturated rings. The Kier molecular flexibility index (Phi) is 12.5. The Morgan fingerprint density at radius 2 is 1.77 bits per heavy atom. The number of benzene rings is 1. The van der Waals surface area contributed by atoms with Crippen LogP contribution in [0.1, 0.15) is 38.7 Å². The SMILES string of the molecule is C=C1CNC(=O)[C@@H](Cc2ccc(OC)cc2)NC(=O)[C@H]2CSSCC/C=C/C(CC(=O)C[C@H](C(C)C)C(=O)N2)O1. The standard InChI is InChI=1S/C29H39N3O6S2/c1-18(2)24-15-21(33)14-23-7-5-6-12-39-40-17-26(32-27(24)34)29(36)31-25(28(35)30-16-19(3)38-23)13-20-8-10-22(37-4)11-9-20/h5,7-11,18,23-26H,3,6,12-17H2,1-2,4H3,(H,30,35)(H,31,36)(H,32,34)/b7-5+/t23?,24-,25-,26-/m1/s1. The largest absolute Gasteiger partial charge is 0.497 e. The molecular weight excluding hydrogens is 550 g/mol. The smallest absolute Gasteiger partial charge is 0.244 e. The van der Waals surface area contributed by atoms with Gasteiger partial charge in [-0.1, -0.05) is 60.2 Å². The summed E-state index contributed by atoms with van der Waals surface area (Å²) in [7, 11) is 4.65. The first-order valence-corrected chi connectivity index (χ1v) is 15.9. The third-order valence-corrected chi connectivity index (χ3v) is 9.14. The lowest BCUT2D eigenvalue weighted by molar-refractivity contribution is -0.135. The number of ether oxygens (including phenoxy) is 2. The number of ketones is 1. The van der Waals surface area contributed by atoms with Gasteiger partial charge in [-0.2, -0.15) is 0 Å². The van der Waals surface area contributed by atoms with Crippen LogP contribution >= 0.6 is 21.6 Å². The number of allylic oxidation sites excluding steroid dienone is 1. The van der Waals surface area contributed by atoms with E-state index < -0.39 is 35.9 Å². The molecule has 0 aromatic heterocycles. The molecule has 1 aromatic rings. The maximum Gasteiger partial charge on any atom is 0.244 e. The maximum atomic E-state index is 13.6. The van der Waals surface area contributed by atoms with Gasteiger partial charge in [0.2, 0.25) is 17.7 Å². The van der Waals surface area contributed by atoms with Crippen molar-refractivity contribution in [1.82, 2.24) is 16.0 Å². The van der Waals surface area contributed by atoms with Gasteiger partial charge in [-0.05, 0) is 36.1 Å². The number of carbonyl (C=O) groups is 4. The molecule has 9 nitrogen and oxygen atoms in total. The van der Waals surface area contributed by atoms with Crippen LogP contribution in [-0.2, 0) is 30.3 Å². The lowest BCUT2D eigenvalue weighted by Crippen LogP contribution is -2.56. The molecule has 0 spiro atoms. The average molecular weight is 590 g/mol. The summed E-state index contributed by atoms with van der Waals surface area (Å²) >= 11 is 0. The average Bonchev–Trinajstić information content (AvgIpc) is 2.92. The number of nitrogens with one attached hydrogen (secondary N) is 3. The molecule has 2 aliphatic rings. The molecule has 3 amide bonds. The van der Waals surface area contributed by atoms with Crippen molar-refractivity contribution in [3.05, 3.63) is 54.3 Å². The van der Waals surface area contributed by atoms with Gasteiger partial charge in [-0.15, -0.1) is 0 Å². The Balaban J connectivity index is 1.96. The number of Topliss-reactive ketones (excluding diaryl/α,β-unsaturated/α-hetero) is 1. The van der Waals surface area contributed by atoms with Crippen LogP contribution in [0, 0.1) is 11.8 Å². The summed E-state index contributed by atoms with van der Waals surface area (Å²) in [4.78, 5) is 53.3. The molecule has 1 aromatic carbocycles. The number of carbonyl (C=O) groups excluding carboxylic acids is 4. The van der Waals surface area contributed by atoms with E-state index in [1.807, 2.05) is 38.1 Å². The fourth-order valence-corrected chi connectivity index (χ4v) is 6.53. The van der Waals surface area contributed by atoms with Crippen LogP contribution in [0.5, 0.6) is 5.75 Å². The van der Waals surface area contributed by atoms with E-state index in [0.29, 0.717) is 17.3 Å². The molecule has 1 saturated heterocycles. The molecule has 40 heavy (non-hydrogen) atoms. The molecular formula is C29H39N3O6S2. The normalized spacial score (nSPS) is 26.6. The van der Waals surface area contributed by atoms with E-state index in [9.17, 15) is 19.2 Å². The minimum absolute atomic E-state index is 0.0207. The predicted molar refractivity (Wildman–Crippen MR) is 159 cm³/mol.